The molecule has 1 aromatic heterocycles. The first-order valence-corrected chi connectivity index (χ1v) is 11.7. The number of hydrogen-bond acceptors (Lipinski definition) is 3. The van der Waals surface area contributed by atoms with Crippen molar-refractivity contribution >= 4 is 17.7 Å². The van der Waals surface area contributed by atoms with Crippen LogP contribution >= 0.6 is 0 Å². The molecule has 0 spiro atoms. The first-order valence-electron chi connectivity index (χ1n) is 11.7. The number of rotatable bonds is 9. The second-order valence-electron chi connectivity index (χ2n) is 8.69. The summed E-state index contributed by atoms with van der Waals surface area (Å²) in [5.74, 6) is -0.279. The molecule has 0 aliphatic heterocycles. The van der Waals surface area contributed by atoms with Crippen LogP contribution in [-0.4, -0.2) is 20.3 Å². The lowest BCUT2D eigenvalue weighted by Gasteiger charge is -2.23. The van der Waals surface area contributed by atoms with Crippen LogP contribution in [0.1, 0.15) is 27.9 Å². The average Bonchev–Trinajstić information content (AvgIpc) is 3.33. The Morgan fingerprint density at radius 1 is 0.895 bits per heavy atom. The van der Waals surface area contributed by atoms with Crippen LogP contribution in [0.4, 0.5) is 18.9 Å². The highest BCUT2D eigenvalue weighted by atomic mass is 19.4. The number of aromatic nitrogens is 1. The van der Waals surface area contributed by atoms with Gasteiger partial charge in [-0.05, 0) is 59.2 Å². The maximum atomic E-state index is 13.2. The van der Waals surface area contributed by atoms with Crippen molar-refractivity contribution in [3.8, 4) is 0 Å². The lowest BCUT2D eigenvalue weighted by Crippen LogP contribution is -2.29. The zero-order valence-corrected chi connectivity index (χ0v) is 20.2. The Labute approximate surface area is 217 Å². The SMILES string of the molecule is O=C(C=Cc1ccc([N+](=O)[O-])cc1)N(Cc1ccccc1)Cc1cccn1Cc1cccc(C(F)(F)F)c1. The van der Waals surface area contributed by atoms with E-state index < -0.39 is 16.7 Å². The highest BCUT2D eigenvalue weighted by molar-refractivity contribution is 5.91. The minimum absolute atomic E-state index is 0.0410. The molecule has 194 valence electrons. The lowest BCUT2D eigenvalue weighted by atomic mass is 10.1. The quantitative estimate of drug-likeness (QED) is 0.140. The molecule has 9 heteroatoms. The number of carbonyl (C=O) groups is 1. The zero-order valence-electron chi connectivity index (χ0n) is 20.2. The van der Waals surface area contributed by atoms with Gasteiger partial charge in [-0.1, -0.05) is 42.5 Å². The number of nitro groups is 1. The molecule has 0 unspecified atom stereocenters. The molecular weight excluding hydrogens is 495 g/mol. The molecule has 0 fully saturated rings. The van der Waals surface area contributed by atoms with Gasteiger partial charge in [-0.25, -0.2) is 0 Å². The van der Waals surface area contributed by atoms with Crippen LogP contribution in [-0.2, 0) is 30.6 Å². The summed E-state index contributed by atoms with van der Waals surface area (Å²) < 4.78 is 41.3. The molecule has 3 aromatic carbocycles. The number of hydrogen-bond donors (Lipinski definition) is 0. The predicted molar refractivity (Wildman–Crippen MR) is 138 cm³/mol. The van der Waals surface area contributed by atoms with Crippen molar-refractivity contribution in [3.05, 3.63) is 141 Å². The molecule has 0 atom stereocenters. The van der Waals surface area contributed by atoms with E-state index in [1.54, 1.807) is 41.4 Å². The molecule has 6 nitrogen and oxygen atoms in total. The Kier molecular flexibility index (Phi) is 8.06. The van der Waals surface area contributed by atoms with Crippen molar-refractivity contribution in [1.29, 1.82) is 0 Å². The van der Waals surface area contributed by atoms with E-state index in [-0.39, 0.29) is 24.7 Å². The number of amides is 1. The van der Waals surface area contributed by atoms with Crippen LogP contribution in [0.3, 0.4) is 0 Å². The van der Waals surface area contributed by atoms with E-state index in [0.29, 0.717) is 17.7 Å². The van der Waals surface area contributed by atoms with Crippen LogP contribution in [0, 0.1) is 10.1 Å². The summed E-state index contributed by atoms with van der Waals surface area (Å²) >= 11 is 0. The largest absolute Gasteiger partial charge is 0.416 e. The van der Waals surface area contributed by atoms with E-state index in [0.717, 1.165) is 23.4 Å². The summed E-state index contributed by atoms with van der Waals surface area (Å²) in [6.07, 6.45) is 0.341. The number of alkyl halides is 3. The van der Waals surface area contributed by atoms with Crippen molar-refractivity contribution in [3.63, 3.8) is 0 Å². The molecule has 4 rings (SSSR count). The second-order valence-corrected chi connectivity index (χ2v) is 8.69. The number of non-ortho nitro benzene ring substituents is 1. The van der Waals surface area contributed by atoms with E-state index in [4.69, 9.17) is 0 Å². The van der Waals surface area contributed by atoms with Gasteiger partial charge in [0.2, 0.25) is 5.91 Å². The van der Waals surface area contributed by atoms with Crippen molar-refractivity contribution in [2.24, 2.45) is 0 Å². The molecular formula is C29H24F3N3O3. The minimum Gasteiger partial charge on any atom is -0.345 e. The van der Waals surface area contributed by atoms with Gasteiger partial charge in [0.15, 0.2) is 0 Å². The first kappa shape index (κ1) is 26.4. The number of halogens is 3. The number of carbonyl (C=O) groups excluding carboxylic acids is 1. The fraction of sp³-hybridized carbons (Fsp3) is 0.138. The summed E-state index contributed by atoms with van der Waals surface area (Å²) in [5.41, 5.74) is 2.06. The van der Waals surface area contributed by atoms with Crippen LogP contribution < -0.4 is 0 Å². The van der Waals surface area contributed by atoms with Gasteiger partial charge in [0, 0.05) is 43.2 Å². The summed E-state index contributed by atoms with van der Waals surface area (Å²) in [6.45, 7) is 0.765. The van der Waals surface area contributed by atoms with Crippen molar-refractivity contribution in [2.45, 2.75) is 25.8 Å². The van der Waals surface area contributed by atoms with Crippen LogP contribution in [0.25, 0.3) is 6.08 Å². The summed E-state index contributed by atoms with van der Waals surface area (Å²) in [4.78, 5) is 25.3. The fourth-order valence-electron chi connectivity index (χ4n) is 3.98. The normalized spacial score (nSPS) is 11.6. The number of benzene rings is 3. The topological polar surface area (TPSA) is 68.4 Å². The smallest absolute Gasteiger partial charge is 0.345 e. The fourth-order valence-corrected chi connectivity index (χ4v) is 3.98. The number of nitro benzene ring substituents is 1. The molecule has 0 bridgehead atoms. The third-order valence-electron chi connectivity index (χ3n) is 5.93. The maximum absolute atomic E-state index is 13.2. The van der Waals surface area contributed by atoms with Crippen molar-refractivity contribution in [1.82, 2.24) is 9.47 Å². The van der Waals surface area contributed by atoms with Gasteiger partial charge in [0.1, 0.15) is 0 Å². The van der Waals surface area contributed by atoms with E-state index in [1.165, 1.54) is 24.3 Å². The van der Waals surface area contributed by atoms with Gasteiger partial charge in [-0.2, -0.15) is 13.2 Å². The summed E-state index contributed by atoms with van der Waals surface area (Å²) in [6, 6.07) is 24.1. The van der Waals surface area contributed by atoms with Crippen molar-refractivity contribution in [2.75, 3.05) is 0 Å². The molecule has 0 radical (unpaired) electrons. The average molecular weight is 520 g/mol. The van der Waals surface area contributed by atoms with Gasteiger partial charge >= 0.3 is 6.18 Å². The standard InChI is InChI=1S/C29H24F3N3O3/c30-29(31,32)25-9-4-8-24(18-25)20-33-17-5-10-27(33)21-34(19-23-6-2-1-3-7-23)28(36)16-13-22-11-14-26(15-12-22)35(37)38/h1-18H,19-21H2. The minimum atomic E-state index is -4.43. The molecule has 0 saturated carbocycles. The third-order valence-corrected chi connectivity index (χ3v) is 5.93. The summed E-state index contributed by atoms with van der Waals surface area (Å²) in [5, 5.41) is 10.9. The van der Waals surface area contributed by atoms with E-state index in [9.17, 15) is 28.1 Å². The third kappa shape index (κ3) is 6.97. The second kappa shape index (κ2) is 11.6. The molecule has 0 aliphatic rings. The maximum Gasteiger partial charge on any atom is 0.416 e. The van der Waals surface area contributed by atoms with Gasteiger partial charge in [-0.3, -0.25) is 14.9 Å². The molecule has 0 aliphatic carbocycles. The highest BCUT2D eigenvalue weighted by Crippen LogP contribution is 2.30. The Hall–Kier alpha value is -4.66. The van der Waals surface area contributed by atoms with E-state index >= 15 is 0 Å². The molecule has 0 N–H and O–H groups in total. The number of nitrogens with zero attached hydrogens (tertiary/aromatic N) is 3. The monoisotopic (exact) mass is 519 g/mol. The van der Waals surface area contributed by atoms with Gasteiger partial charge in [0.05, 0.1) is 17.0 Å². The Morgan fingerprint density at radius 2 is 1.61 bits per heavy atom. The van der Waals surface area contributed by atoms with Crippen molar-refractivity contribution < 1.29 is 22.9 Å². The van der Waals surface area contributed by atoms with Crippen LogP contribution in [0.5, 0.6) is 0 Å². The first-order chi connectivity index (χ1) is 18.2. The molecule has 38 heavy (non-hydrogen) atoms. The Morgan fingerprint density at radius 3 is 2.29 bits per heavy atom. The Bertz CT molecular complexity index is 1430. The van der Waals surface area contributed by atoms with Crippen LogP contribution in [0.15, 0.2) is 103 Å². The van der Waals surface area contributed by atoms with Gasteiger partial charge in [0.25, 0.3) is 5.69 Å². The van der Waals surface area contributed by atoms with Gasteiger partial charge < -0.3 is 9.47 Å². The molecule has 1 heterocycles. The molecule has 1 amide bonds. The molecule has 0 saturated heterocycles. The van der Waals surface area contributed by atoms with Crippen LogP contribution in [0.2, 0.25) is 0 Å². The predicted octanol–water partition coefficient (Wildman–Crippen LogP) is 6.71. The zero-order chi connectivity index (χ0) is 27.1. The highest BCUT2D eigenvalue weighted by Gasteiger charge is 2.30. The van der Waals surface area contributed by atoms with E-state index in [1.807, 2.05) is 41.0 Å². The van der Waals surface area contributed by atoms with Gasteiger partial charge in [-0.15, -0.1) is 0 Å². The summed E-state index contributed by atoms with van der Waals surface area (Å²) in [7, 11) is 0. The molecule has 4 aromatic rings. The Balaban J connectivity index is 1.54. The lowest BCUT2D eigenvalue weighted by molar-refractivity contribution is -0.384. The van der Waals surface area contributed by atoms with E-state index in [2.05, 4.69) is 0 Å².